The normalized spacial score (nSPS) is 10.7. The number of carbonyl (C=O) groups is 1. The number of nitrogen functional groups attached to an aromatic ring is 1. The van der Waals surface area contributed by atoms with E-state index in [2.05, 4.69) is 20.9 Å². The molecule has 1 heterocycles. The molecular formula is C17H13BrN2O. The minimum absolute atomic E-state index is 0.00535. The summed E-state index contributed by atoms with van der Waals surface area (Å²) in [6.45, 7) is 0. The van der Waals surface area contributed by atoms with Gasteiger partial charge in [-0.25, -0.2) is 0 Å². The number of ketones is 1. The highest BCUT2D eigenvalue weighted by molar-refractivity contribution is 9.10. The Hall–Kier alpha value is -2.20. The number of aromatic nitrogens is 1. The first-order valence-corrected chi connectivity index (χ1v) is 7.35. The summed E-state index contributed by atoms with van der Waals surface area (Å²) >= 11 is 3.35. The van der Waals surface area contributed by atoms with Gasteiger partial charge in [-0.05, 0) is 30.3 Å². The standard InChI is InChI=1S/C17H13BrN2O/c18-13-7-12(8-14(19)9-13)17(21)10-15-6-5-11-3-1-2-4-16(11)20-15/h1-9H,10,19H2. The minimum atomic E-state index is 0.00535. The number of pyridine rings is 1. The molecule has 3 nitrogen and oxygen atoms in total. The summed E-state index contributed by atoms with van der Waals surface area (Å²) < 4.78 is 0.803. The molecule has 0 saturated heterocycles. The number of hydrogen-bond donors (Lipinski definition) is 1. The lowest BCUT2D eigenvalue weighted by Gasteiger charge is -2.05. The second kappa shape index (κ2) is 5.66. The number of fused-ring (bicyclic) bond motifs is 1. The molecule has 0 aliphatic carbocycles. The van der Waals surface area contributed by atoms with Crippen molar-refractivity contribution in [2.75, 3.05) is 5.73 Å². The van der Waals surface area contributed by atoms with E-state index in [1.165, 1.54) is 0 Å². The van der Waals surface area contributed by atoms with Crippen LogP contribution in [0.25, 0.3) is 10.9 Å². The van der Waals surface area contributed by atoms with Crippen LogP contribution in [0.5, 0.6) is 0 Å². The molecule has 3 aromatic rings. The van der Waals surface area contributed by atoms with E-state index in [4.69, 9.17) is 5.73 Å². The predicted octanol–water partition coefficient (Wildman–Crippen LogP) is 4.00. The van der Waals surface area contributed by atoms with E-state index in [-0.39, 0.29) is 12.2 Å². The Morgan fingerprint density at radius 1 is 1.10 bits per heavy atom. The summed E-state index contributed by atoms with van der Waals surface area (Å²) in [5, 5.41) is 1.07. The van der Waals surface area contributed by atoms with Gasteiger partial charge in [-0.15, -0.1) is 0 Å². The van der Waals surface area contributed by atoms with Crippen LogP contribution in [0.1, 0.15) is 16.1 Å². The van der Waals surface area contributed by atoms with Gasteiger partial charge < -0.3 is 5.73 Å². The Kier molecular flexibility index (Phi) is 3.71. The second-order valence-electron chi connectivity index (χ2n) is 4.87. The summed E-state index contributed by atoms with van der Waals surface area (Å²) in [6, 6.07) is 17.0. The van der Waals surface area contributed by atoms with E-state index in [1.54, 1.807) is 18.2 Å². The van der Waals surface area contributed by atoms with Gasteiger partial charge in [-0.1, -0.05) is 40.2 Å². The molecule has 4 heteroatoms. The largest absolute Gasteiger partial charge is 0.399 e. The number of carbonyl (C=O) groups excluding carboxylic acids is 1. The molecule has 0 unspecified atom stereocenters. The van der Waals surface area contributed by atoms with Crippen molar-refractivity contribution in [3.63, 3.8) is 0 Å². The van der Waals surface area contributed by atoms with Crippen LogP contribution in [-0.4, -0.2) is 10.8 Å². The zero-order valence-corrected chi connectivity index (χ0v) is 12.8. The average molecular weight is 341 g/mol. The number of nitrogens with zero attached hydrogens (tertiary/aromatic N) is 1. The first-order valence-electron chi connectivity index (χ1n) is 6.56. The molecule has 0 fully saturated rings. The third kappa shape index (κ3) is 3.11. The van der Waals surface area contributed by atoms with Gasteiger partial charge in [0.1, 0.15) is 0 Å². The molecule has 2 aromatic carbocycles. The zero-order valence-electron chi connectivity index (χ0n) is 11.2. The van der Waals surface area contributed by atoms with Crippen molar-refractivity contribution in [2.24, 2.45) is 0 Å². The van der Waals surface area contributed by atoms with Crippen molar-refractivity contribution < 1.29 is 4.79 Å². The zero-order chi connectivity index (χ0) is 14.8. The summed E-state index contributed by atoms with van der Waals surface area (Å²) in [6.07, 6.45) is 0.265. The minimum Gasteiger partial charge on any atom is -0.399 e. The summed E-state index contributed by atoms with van der Waals surface area (Å²) in [5.41, 5.74) is 8.59. The summed E-state index contributed by atoms with van der Waals surface area (Å²) in [4.78, 5) is 16.9. The number of Topliss-reactive ketones (excluding diaryl/α,β-unsaturated/α-hetero) is 1. The van der Waals surface area contributed by atoms with Crippen LogP contribution in [0.4, 0.5) is 5.69 Å². The lowest BCUT2D eigenvalue weighted by molar-refractivity contribution is 0.0992. The predicted molar refractivity (Wildman–Crippen MR) is 88.3 cm³/mol. The van der Waals surface area contributed by atoms with Gasteiger partial charge in [-0.2, -0.15) is 0 Å². The van der Waals surface area contributed by atoms with Crippen LogP contribution < -0.4 is 5.73 Å². The number of rotatable bonds is 3. The number of anilines is 1. The van der Waals surface area contributed by atoms with Crippen molar-refractivity contribution in [3.8, 4) is 0 Å². The fourth-order valence-electron chi connectivity index (χ4n) is 2.25. The fraction of sp³-hybridized carbons (Fsp3) is 0.0588. The van der Waals surface area contributed by atoms with Gasteiger partial charge >= 0.3 is 0 Å². The Morgan fingerprint density at radius 3 is 2.71 bits per heavy atom. The SMILES string of the molecule is Nc1cc(Br)cc(C(=O)Cc2ccc3ccccc3n2)c1. The molecule has 0 bridgehead atoms. The highest BCUT2D eigenvalue weighted by Crippen LogP contribution is 2.19. The number of nitrogens with two attached hydrogens (primary N) is 1. The number of halogens is 1. The second-order valence-corrected chi connectivity index (χ2v) is 5.78. The maximum absolute atomic E-state index is 12.3. The van der Waals surface area contributed by atoms with Crippen LogP contribution >= 0.6 is 15.9 Å². The van der Waals surface area contributed by atoms with E-state index >= 15 is 0 Å². The topological polar surface area (TPSA) is 56.0 Å². The van der Waals surface area contributed by atoms with Crippen LogP contribution in [0.15, 0.2) is 59.1 Å². The van der Waals surface area contributed by atoms with Gasteiger partial charge in [0.2, 0.25) is 0 Å². The monoisotopic (exact) mass is 340 g/mol. The lowest BCUT2D eigenvalue weighted by atomic mass is 10.0. The van der Waals surface area contributed by atoms with Gasteiger partial charge in [0.05, 0.1) is 11.9 Å². The van der Waals surface area contributed by atoms with E-state index in [0.717, 1.165) is 21.1 Å². The smallest absolute Gasteiger partial charge is 0.168 e. The Labute approximate surface area is 130 Å². The third-order valence-corrected chi connectivity index (χ3v) is 3.70. The summed E-state index contributed by atoms with van der Waals surface area (Å²) in [5.74, 6) is 0.00535. The van der Waals surface area contributed by atoms with Crippen molar-refractivity contribution in [1.29, 1.82) is 0 Å². The molecule has 0 amide bonds. The lowest BCUT2D eigenvalue weighted by Crippen LogP contribution is -2.06. The Balaban J connectivity index is 1.88. The van der Waals surface area contributed by atoms with E-state index in [0.29, 0.717) is 11.3 Å². The quantitative estimate of drug-likeness (QED) is 0.579. The van der Waals surface area contributed by atoms with Gasteiger partial charge in [0.15, 0.2) is 5.78 Å². The van der Waals surface area contributed by atoms with Crippen LogP contribution in [0.2, 0.25) is 0 Å². The number of benzene rings is 2. The van der Waals surface area contributed by atoms with Crippen molar-refractivity contribution in [3.05, 3.63) is 70.3 Å². The van der Waals surface area contributed by atoms with Crippen LogP contribution in [0.3, 0.4) is 0 Å². The highest BCUT2D eigenvalue weighted by atomic mass is 79.9. The Morgan fingerprint density at radius 2 is 1.90 bits per heavy atom. The molecule has 104 valence electrons. The molecule has 0 saturated carbocycles. The third-order valence-electron chi connectivity index (χ3n) is 3.24. The molecule has 0 aliphatic heterocycles. The van der Waals surface area contributed by atoms with Crippen molar-refractivity contribution in [1.82, 2.24) is 4.98 Å². The maximum atomic E-state index is 12.3. The van der Waals surface area contributed by atoms with Crippen LogP contribution in [0, 0.1) is 0 Å². The van der Waals surface area contributed by atoms with E-state index in [1.807, 2.05) is 36.4 Å². The first-order chi connectivity index (χ1) is 10.1. The number of hydrogen-bond acceptors (Lipinski definition) is 3. The summed E-state index contributed by atoms with van der Waals surface area (Å²) in [7, 11) is 0. The molecule has 0 aliphatic rings. The molecule has 0 radical (unpaired) electrons. The molecule has 1 aromatic heterocycles. The molecule has 3 rings (SSSR count). The number of para-hydroxylation sites is 1. The highest BCUT2D eigenvalue weighted by Gasteiger charge is 2.10. The van der Waals surface area contributed by atoms with Gasteiger partial charge in [0.25, 0.3) is 0 Å². The molecule has 2 N–H and O–H groups in total. The van der Waals surface area contributed by atoms with E-state index in [9.17, 15) is 4.79 Å². The molecule has 0 spiro atoms. The van der Waals surface area contributed by atoms with Gasteiger partial charge in [-0.3, -0.25) is 9.78 Å². The fourth-order valence-corrected chi connectivity index (χ4v) is 2.76. The maximum Gasteiger partial charge on any atom is 0.168 e. The van der Waals surface area contributed by atoms with Crippen molar-refractivity contribution in [2.45, 2.75) is 6.42 Å². The Bertz CT molecular complexity index is 810. The van der Waals surface area contributed by atoms with Crippen LogP contribution in [-0.2, 0) is 6.42 Å². The average Bonchev–Trinajstić information content (AvgIpc) is 2.46. The van der Waals surface area contributed by atoms with Crippen molar-refractivity contribution >= 4 is 38.3 Å². The molecule has 21 heavy (non-hydrogen) atoms. The molecular weight excluding hydrogens is 328 g/mol. The van der Waals surface area contributed by atoms with E-state index < -0.39 is 0 Å². The molecule has 0 atom stereocenters. The van der Waals surface area contributed by atoms with Gasteiger partial charge in [0, 0.05) is 26.8 Å². The first kappa shape index (κ1) is 13.8.